The Morgan fingerprint density at radius 1 is 1.09 bits per heavy atom. The molecule has 0 spiro atoms. The number of phenolic OH excluding ortho intramolecular Hbond substituents is 1. The molecule has 0 unspecified atom stereocenters. The highest BCUT2D eigenvalue weighted by Crippen LogP contribution is 2.15. The van der Waals surface area contributed by atoms with Crippen molar-refractivity contribution in [3.63, 3.8) is 0 Å². The van der Waals surface area contributed by atoms with Gasteiger partial charge in [0.05, 0.1) is 0 Å². The van der Waals surface area contributed by atoms with E-state index in [1.807, 2.05) is 39.8 Å². The highest BCUT2D eigenvalue weighted by Gasteiger charge is 1.91. The fourth-order valence-electron chi connectivity index (χ4n) is 0.805. The third kappa shape index (κ3) is 3.08. The molecule has 62 valence electrons. The van der Waals surface area contributed by atoms with Crippen molar-refractivity contribution < 1.29 is 5.11 Å². The Kier molecular flexibility index (Phi) is 4.35. The molecule has 11 heavy (non-hydrogen) atoms. The maximum atomic E-state index is 9.04. The first kappa shape index (κ1) is 10.0. The van der Waals surface area contributed by atoms with Gasteiger partial charge in [0.25, 0.3) is 0 Å². The van der Waals surface area contributed by atoms with E-state index in [1.54, 1.807) is 6.07 Å². The van der Waals surface area contributed by atoms with Crippen LogP contribution in [0.4, 0.5) is 0 Å². The van der Waals surface area contributed by atoms with Gasteiger partial charge in [-0.25, -0.2) is 0 Å². The van der Waals surface area contributed by atoms with E-state index in [2.05, 4.69) is 0 Å². The first-order valence-corrected chi connectivity index (χ1v) is 3.96. The van der Waals surface area contributed by atoms with Gasteiger partial charge in [0.15, 0.2) is 0 Å². The summed E-state index contributed by atoms with van der Waals surface area (Å²) in [5.74, 6) is 0.376. The Morgan fingerprint density at radius 3 is 2.00 bits per heavy atom. The predicted molar refractivity (Wildman–Crippen MR) is 48.9 cm³/mol. The van der Waals surface area contributed by atoms with Crippen LogP contribution in [-0.4, -0.2) is 5.11 Å². The lowest BCUT2D eigenvalue weighted by atomic mass is 10.1. The van der Waals surface area contributed by atoms with E-state index >= 15 is 0 Å². The third-order valence-electron chi connectivity index (χ3n) is 1.35. The SMILES string of the molecule is CC.Cc1ccc(O)c(C)c1. The average Bonchev–Trinajstić information content (AvgIpc) is 2.02. The summed E-state index contributed by atoms with van der Waals surface area (Å²) in [5, 5.41) is 9.04. The fraction of sp³-hybridized carbons (Fsp3) is 0.400. The lowest BCUT2D eigenvalue weighted by Gasteiger charge is -1.97. The van der Waals surface area contributed by atoms with Crippen LogP contribution in [0.2, 0.25) is 0 Å². The van der Waals surface area contributed by atoms with Gasteiger partial charge in [-0.3, -0.25) is 0 Å². The molecule has 0 saturated carbocycles. The Morgan fingerprint density at radius 2 is 1.64 bits per heavy atom. The Balaban J connectivity index is 0.000000461. The van der Waals surface area contributed by atoms with Gasteiger partial charge in [-0.05, 0) is 25.5 Å². The Bertz CT molecular complexity index is 216. The van der Waals surface area contributed by atoms with Crippen molar-refractivity contribution in [3.05, 3.63) is 29.3 Å². The molecule has 0 radical (unpaired) electrons. The largest absolute Gasteiger partial charge is 0.508 e. The standard InChI is InChI=1S/C8H10O.C2H6/c1-6-3-4-8(9)7(2)5-6;1-2/h3-5,9H,1-2H3;1-2H3. The third-order valence-corrected chi connectivity index (χ3v) is 1.35. The second-order valence-corrected chi connectivity index (χ2v) is 2.29. The van der Waals surface area contributed by atoms with Gasteiger partial charge in [0.1, 0.15) is 5.75 Å². The number of aromatic hydroxyl groups is 1. The number of phenols is 1. The Labute approximate surface area is 68.7 Å². The molecule has 0 saturated heterocycles. The van der Waals surface area contributed by atoms with Crippen LogP contribution in [-0.2, 0) is 0 Å². The zero-order valence-corrected chi connectivity index (χ0v) is 7.68. The van der Waals surface area contributed by atoms with Crippen molar-refractivity contribution in [1.82, 2.24) is 0 Å². The van der Waals surface area contributed by atoms with E-state index in [0.29, 0.717) is 5.75 Å². The lowest BCUT2D eigenvalue weighted by molar-refractivity contribution is 0.471. The van der Waals surface area contributed by atoms with Crippen LogP contribution in [0.5, 0.6) is 5.75 Å². The minimum atomic E-state index is 0.376. The molecule has 0 aromatic heterocycles. The summed E-state index contributed by atoms with van der Waals surface area (Å²) in [6.45, 7) is 7.90. The molecular weight excluding hydrogens is 136 g/mol. The van der Waals surface area contributed by atoms with Gasteiger partial charge < -0.3 is 5.11 Å². The maximum absolute atomic E-state index is 9.04. The summed E-state index contributed by atoms with van der Waals surface area (Å²) < 4.78 is 0. The molecule has 0 heterocycles. The molecule has 1 rings (SSSR count). The lowest BCUT2D eigenvalue weighted by Crippen LogP contribution is -1.75. The molecule has 0 atom stereocenters. The van der Waals surface area contributed by atoms with Crippen LogP contribution in [0.3, 0.4) is 0 Å². The van der Waals surface area contributed by atoms with E-state index < -0.39 is 0 Å². The van der Waals surface area contributed by atoms with Gasteiger partial charge in [0, 0.05) is 0 Å². The number of rotatable bonds is 0. The van der Waals surface area contributed by atoms with Gasteiger partial charge >= 0.3 is 0 Å². The molecule has 1 heteroatoms. The molecule has 0 amide bonds. The Hall–Kier alpha value is -0.980. The minimum absolute atomic E-state index is 0.376. The van der Waals surface area contributed by atoms with E-state index in [4.69, 9.17) is 5.11 Å². The molecular formula is C10H16O. The molecule has 0 fully saturated rings. The van der Waals surface area contributed by atoms with E-state index in [1.165, 1.54) is 5.56 Å². The van der Waals surface area contributed by atoms with Crippen LogP contribution < -0.4 is 0 Å². The molecule has 0 bridgehead atoms. The van der Waals surface area contributed by atoms with Gasteiger partial charge in [-0.15, -0.1) is 0 Å². The number of benzene rings is 1. The second kappa shape index (κ2) is 4.78. The zero-order chi connectivity index (χ0) is 8.85. The smallest absolute Gasteiger partial charge is 0.118 e. The quantitative estimate of drug-likeness (QED) is 0.605. The first-order chi connectivity index (χ1) is 5.20. The van der Waals surface area contributed by atoms with Crippen molar-refractivity contribution in [2.75, 3.05) is 0 Å². The van der Waals surface area contributed by atoms with Crippen molar-refractivity contribution in [2.24, 2.45) is 0 Å². The second-order valence-electron chi connectivity index (χ2n) is 2.29. The summed E-state index contributed by atoms with van der Waals surface area (Å²) in [7, 11) is 0. The topological polar surface area (TPSA) is 20.2 Å². The number of hydrogen-bond acceptors (Lipinski definition) is 1. The zero-order valence-electron chi connectivity index (χ0n) is 7.68. The summed E-state index contributed by atoms with van der Waals surface area (Å²) in [4.78, 5) is 0. The molecule has 0 aliphatic carbocycles. The van der Waals surface area contributed by atoms with Gasteiger partial charge in [0.2, 0.25) is 0 Å². The molecule has 0 aliphatic heterocycles. The van der Waals surface area contributed by atoms with E-state index in [9.17, 15) is 0 Å². The fourth-order valence-corrected chi connectivity index (χ4v) is 0.805. The van der Waals surface area contributed by atoms with Crippen LogP contribution in [0.15, 0.2) is 18.2 Å². The molecule has 1 N–H and O–H groups in total. The maximum Gasteiger partial charge on any atom is 0.118 e. The monoisotopic (exact) mass is 152 g/mol. The van der Waals surface area contributed by atoms with Crippen LogP contribution in [0.25, 0.3) is 0 Å². The molecule has 1 nitrogen and oxygen atoms in total. The van der Waals surface area contributed by atoms with E-state index in [0.717, 1.165) is 5.56 Å². The van der Waals surface area contributed by atoms with Crippen LogP contribution in [0.1, 0.15) is 25.0 Å². The van der Waals surface area contributed by atoms with Gasteiger partial charge in [-0.2, -0.15) is 0 Å². The molecule has 1 aromatic rings. The molecule has 1 aromatic carbocycles. The number of aryl methyl sites for hydroxylation is 2. The highest BCUT2D eigenvalue weighted by molar-refractivity contribution is 5.34. The van der Waals surface area contributed by atoms with Crippen LogP contribution in [0, 0.1) is 13.8 Å². The predicted octanol–water partition coefficient (Wildman–Crippen LogP) is 3.04. The summed E-state index contributed by atoms with van der Waals surface area (Å²) in [6, 6.07) is 5.56. The highest BCUT2D eigenvalue weighted by atomic mass is 16.3. The molecule has 0 aliphatic rings. The average molecular weight is 152 g/mol. The van der Waals surface area contributed by atoms with Crippen molar-refractivity contribution >= 4 is 0 Å². The summed E-state index contributed by atoms with van der Waals surface area (Å²) in [6.07, 6.45) is 0. The van der Waals surface area contributed by atoms with Crippen molar-refractivity contribution in [2.45, 2.75) is 27.7 Å². The summed E-state index contributed by atoms with van der Waals surface area (Å²) in [5.41, 5.74) is 2.13. The van der Waals surface area contributed by atoms with Crippen molar-refractivity contribution in [1.29, 1.82) is 0 Å². The number of hydrogen-bond donors (Lipinski definition) is 1. The van der Waals surface area contributed by atoms with Crippen molar-refractivity contribution in [3.8, 4) is 5.75 Å². The van der Waals surface area contributed by atoms with Crippen LogP contribution >= 0.6 is 0 Å². The van der Waals surface area contributed by atoms with Gasteiger partial charge in [-0.1, -0.05) is 31.5 Å². The minimum Gasteiger partial charge on any atom is -0.508 e. The first-order valence-electron chi connectivity index (χ1n) is 3.96. The summed E-state index contributed by atoms with van der Waals surface area (Å²) >= 11 is 0. The normalized spacial score (nSPS) is 8.36. The van der Waals surface area contributed by atoms with E-state index in [-0.39, 0.29) is 0 Å².